The van der Waals surface area contributed by atoms with Crippen LogP contribution < -0.4 is 9.46 Å². The van der Waals surface area contributed by atoms with Gasteiger partial charge in [-0.05, 0) is 30.7 Å². The van der Waals surface area contributed by atoms with Gasteiger partial charge in [0.2, 0.25) is 0 Å². The molecule has 0 radical (unpaired) electrons. The van der Waals surface area contributed by atoms with E-state index < -0.39 is 15.9 Å². The largest absolute Gasteiger partial charge is 0.496 e. The number of amides is 1. The van der Waals surface area contributed by atoms with Crippen molar-refractivity contribution in [2.45, 2.75) is 18.4 Å². The van der Waals surface area contributed by atoms with Gasteiger partial charge in [-0.3, -0.25) is 4.79 Å². The fraction of sp³-hybridized carbons (Fsp3) is 0.286. The van der Waals surface area contributed by atoms with Gasteiger partial charge in [0.25, 0.3) is 15.9 Å². The van der Waals surface area contributed by atoms with Gasteiger partial charge in [-0.15, -0.1) is 11.3 Å². The summed E-state index contributed by atoms with van der Waals surface area (Å²) in [6.45, 7) is 1.99. The molecule has 124 valence electrons. The predicted molar refractivity (Wildman–Crippen MR) is 85.2 cm³/mol. The number of nitrogens with zero attached hydrogens (tertiary/aromatic N) is 1. The molecular weight excluding hydrogens is 340 g/mol. The Bertz CT molecular complexity index is 814. The van der Waals surface area contributed by atoms with Crippen LogP contribution in [0, 0.1) is 6.92 Å². The molecule has 0 saturated carbocycles. The number of sulfonamides is 1. The average molecular weight is 356 g/mol. The number of thiazole rings is 1. The predicted octanol–water partition coefficient (Wildman–Crippen LogP) is 1.73. The summed E-state index contributed by atoms with van der Waals surface area (Å²) in [5.74, 6) is -0.212. The van der Waals surface area contributed by atoms with Crippen LogP contribution in [0.25, 0.3) is 0 Å². The van der Waals surface area contributed by atoms with E-state index in [-0.39, 0.29) is 17.2 Å². The average Bonchev–Trinajstić information content (AvgIpc) is 2.96. The minimum atomic E-state index is -3.98. The van der Waals surface area contributed by atoms with Crippen molar-refractivity contribution in [1.29, 1.82) is 0 Å². The fourth-order valence-electron chi connectivity index (χ4n) is 1.86. The van der Waals surface area contributed by atoms with Crippen molar-refractivity contribution in [3.05, 3.63) is 39.8 Å². The number of carbonyl (C=O) groups excluding carboxylic acids is 1. The number of hydrogen-bond acceptors (Lipinski definition) is 7. The van der Waals surface area contributed by atoms with E-state index in [1.54, 1.807) is 6.92 Å². The zero-order valence-corrected chi connectivity index (χ0v) is 14.5. The van der Waals surface area contributed by atoms with Crippen molar-refractivity contribution in [1.82, 2.24) is 9.71 Å². The lowest BCUT2D eigenvalue weighted by molar-refractivity contribution is 0.0976. The monoisotopic (exact) mass is 356 g/mol. The number of aromatic nitrogens is 1. The molecule has 9 heteroatoms. The lowest BCUT2D eigenvalue weighted by Gasteiger charge is -2.09. The maximum Gasteiger partial charge on any atom is 0.284 e. The molecule has 7 nitrogen and oxygen atoms in total. The highest BCUT2D eigenvalue weighted by molar-refractivity contribution is 7.90. The first kappa shape index (κ1) is 17.4. The molecule has 0 aliphatic carbocycles. The van der Waals surface area contributed by atoms with Crippen LogP contribution in [0.5, 0.6) is 5.75 Å². The van der Waals surface area contributed by atoms with Crippen molar-refractivity contribution < 1.29 is 22.7 Å². The molecule has 0 unspecified atom stereocenters. The van der Waals surface area contributed by atoms with Crippen LogP contribution in [0.4, 0.5) is 0 Å². The van der Waals surface area contributed by atoms with Gasteiger partial charge >= 0.3 is 0 Å². The van der Waals surface area contributed by atoms with E-state index in [1.165, 1.54) is 49.1 Å². The van der Waals surface area contributed by atoms with E-state index in [0.717, 1.165) is 0 Å². The van der Waals surface area contributed by atoms with Crippen LogP contribution in [0.3, 0.4) is 0 Å². The Balaban J connectivity index is 2.19. The second kappa shape index (κ2) is 7.07. The third-order valence-corrected chi connectivity index (χ3v) is 5.11. The maximum absolute atomic E-state index is 12.3. The number of nitrogens with one attached hydrogen (secondary N) is 1. The van der Waals surface area contributed by atoms with Crippen molar-refractivity contribution in [2.75, 3.05) is 14.2 Å². The molecule has 1 amide bonds. The Labute approximate surface area is 138 Å². The lowest BCUT2D eigenvalue weighted by atomic mass is 10.2. The van der Waals surface area contributed by atoms with Gasteiger partial charge in [0, 0.05) is 12.5 Å². The van der Waals surface area contributed by atoms with Gasteiger partial charge in [-0.2, -0.15) is 0 Å². The Hall–Kier alpha value is -1.97. The molecule has 1 heterocycles. The van der Waals surface area contributed by atoms with Crippen molar-refractivity contribution in [3.8, 4) is 5.75 Å². The van der Waals surface area contributed by atoms with Gasteiger partial charge in [-0.1, -0.05) is 0 Å². The SMILES string of the molecule is COCc1nc(C(=O)NS(=O)(=O)c2ccc(OC)c(C)c2)cs1. The number of ether oxygens (including phenoxy) is 2. The molecule has 0 atom stereocenters. The summed E-state index contributed by atoms with van der Waals surface area (Å²) in [5.41, 5.74) is 0.690. The van der Waals surface area contributed by atoms with Gasteiger partial charge in [-0.25, -0.2) is 18.1 Å². The summed E-state index contributed by atoms with van der Waals surface area (Å²) in [6, 6.07) is 4.35. The first-order valence-corrected chi connectivity index (χ1v) is 8.89. The Kier molecular flexibility index (Phi) is 5.34. The Morgan fingerprint density at radius 3 is 2.70 bits per heavy atom. The molecule has 0 bridgehead atoms. The summed E-state index contributed by atoms with van der Waals surface area (Å²) < 4.78 is 36.6. The second-order valence-corrected chi connectivity index (χ2v) is 7.25. The molecule has 2 aromatic rings. The summed E-state index contributed by atoms with van der Waals surface area (Å²) >= 11 is 1.22. The highest BCUT2D eigenvalue weighted by Crippen LogP contribution is 2.21. The number of aryl methyl sites for hydroxylation is 1. The highest BCUT2D eigenvalue weighted by atomic mass is 32.2. The van der Waals surface area contributed by atoms with Gasteiger partial charge in [0.05, 0.1) is 18.6 Å². The number of hydrogen-bond donors (Lipinski definition) is 1. The third kappa shape index (κ3) is 4.06. The number of carbonyl (C=O) groups is 1. The second-order valence-electron chi connectivity index (χ2n) is 4.63. The lowest BCUT2D eigenvalue weighted by Crippen LogP contribution is -2.30. The Morgan fingerprint density at radius 1 is 1.35 bits per heavy atom. The molecule has 0 aliphatic heterocycles. The number of benzene rings is 1. The van der Waals surface area contributed by atoms with E-state index in [2.05, 4.69) is 4.98 Å². The van der Waals surface area contributed by atoms with Crippen LogP contribution in [0.15, 0.2) is 28.5 Å². The highest BCUT2D eigenvalue weighted by Gasteiger charge is 2.21. The van der Waals surface area contributed by atoms with Crippen molar-refractivity contribution in [2.24, 2.45) is 0 Å². The summed E-state index contributed by atoms with van der Waals surface area (Å²) in [5, 5.41) is 2.08. The van der Waals surface area contributed by atoms with Crippen molar-refractivity contribution in [3.63, 3.8) is 0 Å². The standard InChI is InChI=1S/C14H16N2O5S2/c1-9-6-10(4-5-12(9)21-3)23(18,19)16-14(17)11-8-22-13(15-11)7-20-2/h4-6,8H,7H2,1-3H3,(H,16,17). The molecule has 1 aromatic carbocycles. The number of rotatable bonds is 6. The van der Waals surface area contributed by atoms with Crippen LogP contribution in [-0.4, -0.2) is 33.5 Å². The van der Waals surface area contributed by atoms with Crippen LogP contribution in [-0.2, 0) is 21.4 Å². The molecule has 0 fully saturated rings. The minimum Gasteiger partial charge on any atom is -0.496 e. The smallest absolute Gasteiger partial charge is 0.284 e. The van der Waals surface area contributed by atoms with Crippen LogP contribution in [0.1, 0.15) is 21.1 Å². The topological polar surface area (TPSA) is 94.6 Å². The molecule has 2 rings (SSSR count). The van der Waals surface area contributed by atoms with Crippen LogP contribution in [0.2, 0.25) is 0 Å². The molecule has 0 saturated heterocycles. The molecule has 23 heavy (non-hydrogen) atoms. The summed E-state index contributed by atoms with van der Waals surface area (Å²) in [6.07, 6.45) is 0. The summed E-state index contributed by atoms with van der Waals surface area (Å²) in [7, 11) is -0.970. The first-order chi connectivity index (χ1) is 10.9. The number of methoxy groups -OCH3 is 2. The van der Waals surface area contributed by atoms with Crippen molar-refractivity contribution >= 4 is 27.3 Å². The molecular formula is C14H16N2O5S2. The maximum atomic E-state index is 12.3. The molecule has 0 aliphatic rings. The van der Waals surface area contributed by atoms with E-state index >= 15 is 0 Å². The van der Waals surface area contributed by atoms with Gasteiger partial charge in [0.15, 0.2) is 0 Å². The molecule has 1 aromatic heterocycles. The van der Waals surface area contributed by atoms with E-state index in [9.17, 15) is 13.2 Å². The van der Waals surface area contributed by atoms with E-state index in [1.807, 2.05) is 4.72 Å². The summed E-state index contributed by atoms with van der Waals surface area (Å²) in [4.78, 5) is 16.1. The normalized spacial score (nSPS) is 11.3. The third-order valence-electron chi connectivity index (χ3n) is 2.96. The van der Waals surface area contributed by atoms with E-state index in [4.69, 9.17) is 9.47 Å². The van der Waals surface area contributed by atoms with E-state index in [0.29, 0.717) is 16.3 Å². The van der Waals surface area contributed by atoms with Crippen LogP contribution >= 0.6 is 11.3 Å². The molecule has 0 spiro atoms. The zero-order chi connectivity index (χ0) is 17.0. The Morgan fingerprint density at radius 2 is 2.09 bits per heavy atom. The zero-order valence-electron chi connectivity index (χ0n) is 12.8. The quantitative estimate of drug-likeness (QED) is 0.847. The minimum absolute atomic E-state index is 0.0171. The molecule has 1 N–H and O–H groups in total. The fourth-order valence-corrected chi connectivity index (χ4v) is 3.65. The first-order valence-electron chi connectivity index (χ1n) is 6.52. The van der Waals surface area contributed by atoms with Gasteiger partial charge < -0.3 is 9.47 Å². The van der Waals surface area contributed by atoms with Gasteiger partial charge in [0.1, 0.15) is 16.5 Å².